The number of amides is 1. The van der Waals surface area contributed by atoms with Crippen molar-refractivity contribution in [1.82, 2.24) is 15.2 Å². The maximum atomic E-state index is 12.5. The highest BCUT2D eigenvalue weighted by atomic mass is 35.5. The van der Waals surface area contributed by atoms with Crippen LogP contribution in [0.5, 0.6) is 0 Å². The summed E-state index contributed by atoms with van der Waals surface area (Å²) >= 11 is 12.2. The minimum atomic E-state index is 0.0379. The molecule has 0 aliphatic carbocycles. The normalized spacial score (nSPS) is 20.2. The molecule has 2 aliphatic rings. The molecule has 3 heterocycles. The minimum absolute atomic E-state index is 0.0379. The summed E-state index contributed by atoms with van der Waals surface area (Å²) < 4.78 is 0. The number of carbonyl (C=O) groups is 1. The first-order valence-electron chi connectivity index (χ1n) is 7.05. The summed E-state index contributed by atoms with van der Waals surface area (Å²) in [6.07, 6.45) is 1.16. The molecule has 110 valence electrons. The Morgan fingerprint density at radius 1 is 1.29 bits per heavy atom. The average Bonchev–Trinajstić information content (AvgIpc) is 3.07. The van der Waals surface area contributed by atoms with Gasteiger partial charge in [-0.1, -0.05) is 23.2 Å². The number of aromatic amines is 1. The molecule has 0 bridgehead atoms. The molecule has 2 fully saturated rings. The van der Waals surface area contributed by atoms with Crippen LogP contribution in [0.25, 0.3) is 10.9 Å². The van der Waals surface area contributed by atoms with Gasteiger partial charge in [-0.2, -0.15) is 0 Å². The molecule has 4 nitrogen and oxygen atoms in total. The summed E-state index contributed by atoms with van der Waals surface area (Å²) in [5, 5.41) is 5.16. The third-order valence-corrected chi connectivity index (χ3v) is 5.41. The van der Waals surface area contributed by atoms with Crippen molar-refractivity contribution in [3.05, 3.63) is 33.9 Å². The summed E-state index contributed by atoms with van der Waals surface area (Å²) in [5.74, 6) is 0.0379. The van der Waals surface area contributed by atoms with Crippen LogP contribution in [-0.2, 0) is 0 Å². The van der Waals surface area contributed by atoms with Crippen molar-refractivity contribution in [3.63, 3.8) is 0 Å². The van der Waals surface area contributed by atoms with E-state index in [9.17, 15) is 4.79 Å². The molecule has 0 atom stereocenters. The van der Waals surface area contributed by atoms with Gasteiger partial charge in [0.05, 0.1) is 10.0 Å². The second-order valence-corrected chi connectivity index (χ2v) is 6.88. The van der Waals surface area contributed by atoms with E-state index in [1.807, 2.05) is 11.0 Å². The van der Waals surface area contributed by atoms with E-state index in [4.69, 9.17) is 23.2 Å². The zero-order valence-electron chi connectivity index (χ0n) is 11.4. The lowest BCUT2D eigenvalue weighted by atomic mass is 9.79. The number of halogens is 2. The molecule has 2 aliphatic heterocycles. The van der Waals surface area contributed by atoms with Crippen molar-refractivity contribution < 1.29 is 4.79 Å². The smallest absolute Gasteiger partial charge is 0.270 e. The number of carbonyl (C=O) groups excluding carboxylic acids is 1. The van der Waals surface area contributed by atoms with E-state index in [0.717, 1.165) is 43.5 Å². The van der Waals surface area contributed by atoms with Gasteiger partial charge < -0.3 is 15.2 Å². The van der Waals surface area contributed by atoms with Crippen LogP contribution in [-0.4, -0.2) is 42.0 Å². The monoisotopic (exact) mass is 323 g/mol. The number of nitrogens with one attached hydrogen (secondary N) is 2. The molecular weight excluding hydrogens is 309 g/mol. The third kappa shape index (κ3) is 2.05. The lowest BCUT2D eigenvalue weighted by molar-refractivity contribution is 0.0155. The van der Waals surface area contributed by atoms with Gasteiger partial charge in [0.15, 0.2) is 0 Å². The van der Waals surface area contributed by atoms with Crippen LogP contribution in [0.4, 0.5) is 0 Å². The molecule has 2 N–H and O–H groups in total. The Morgan fingerprint density at radius 3 is 2.81 bits per heavy atom. The van der Waals surface area contributed by atoms with Crippen LogP contribution < -0.4 is 5.32 Å². The number of H-pyrrole nitrogens is 1. The zero-order chi connectivity index (χ0) is 14.6. The van der Waals surface area contributed by atoms with Crippen molar-refractivity contribution in [2.24, 2.45) is 5.41 Å². The van der Waals surface area contributed by atoms with E-state index >= 15 is 0 Å². The average molecular weight is 324 g/mol. The maximum absolute atomic E-state index is 12.5. The van der Waals surface area contributed by atoms with Crippen molar-refractivity contribution >= 4 is 40.0 Å². The molecule has 4 rings (SSSR count). The van der Waals surface area contributed by atoms with Crippen molar-refractivity contribution in [1.29, 1.82) is 0 Å². The SMILES string of the molecule is O=C(c1cc2c(Cl)c(Cl)ccc2[nH]1)N1CC2(CCNC2)C1. The number of likely N-dealkylation sites (tertiary alicyclic amines) is 1. The number of hydrogen-bond donors (Lipinski definition) is 2. The first-order valence-corrected chi connectivity index (χ1v) is 7.80. The Labute approximate surface area is 132 Å². The molecule has 0 saturated carbocycles. The Kier molecular flexibility index (Phi) is 2.96. The highest BCUT2D eigenvalue weighted by Crippen LogP contribution is 2.37. The van der Waals surface area contributed by atoms with E-state index < -0.39 is 0 Å². The standard InChI is InChI=1S/C15H15Cl2N3O/c16-10-1-2-11-9(13(10)17)5-12(19-11)14(21)20-7-15(8-20)3-4-18-6-15/h1-2,5,18-19H,3-4,6-8H2. The molecule has 0 unspecified atom stereocenters. The molecule has 1 amide bonds. The van der Waals surface area contributed by atoms with Gasteiger partial charge in [-0.25, -0.2) is 0 Å². The van der Waals surface area contributed by atoms with E-state index in [0.29, 0.717) is 21.2 Å². The highest BCUT2D eigenvalue weighted by molar-refractivity contribution is 6.45. The lowest BCUT2D eigenvalue weighted by Gasteiger charge is -2.47. The maximum Gasteiger partial charge on any atom is 0.270 e. The molecule has 1 spiro atoms. The van der Waals surface area contributed by atoms with E-state index in [2.05, 4.69) is 10.3 Å². The van der Waals surface area contributed by atoms with Gasteiger partial charge >= 0.3 is 0 Å². The fourth-order valence-corrected chi connectivity index (χ4v) is 3.78. The lowest BCUT2D eigenvalue weighted by Crippen LogP contribution is -2.59. The van der Waals surface area contributed by atoms with E-state index in [1.54, 1.807) is 12.1 Å². The molecule has 2 saturated heterocycles. The number of aromatic nitrogens is 1. The molecule has 0 radical (unpaired) electrons. The second kappa shape index (κ2) is 4.63. The van der Waals surface area contributed by atoms with Crippen molar-refractivity contribution in [2.75, 3.05) is 26.2 Å². The second-order valence-electron chi connectivity index (χ2n) is 6.09. The fourth-order valence-electron chi connectivity index (χ4n) is 3.40. The van der Waals surface area contributed by atoms with Crippen molar-refractivity contribution in [2.45, 2.75) is 6.42 Å². The molecule has 6 heteroatoms. The Morgan fingerprint density at radius 2 is 2.10 bits per heavy atom. The number of rotatable bonds is 1. The number of hydrogen-bond acceptors (Lipinski definition) is 2. The first-order chi connectivity index (χ1) is 10.1. The van der Waals surface area contributed by atoms with Gasteiger partial charge in [-0.15, -0.1) is 0 Å². The van der Waals surface area contributed by atoms with E-state index in [1.165, 1.54) is 0 Å². The summed E-state index contributed by atoms with van der Waals surface area (Å²) in [6.45, 7) is 3.75. The number of benzene rings is 1. The Bertz CT molecular complexity index is 726. The van der Waals surface area contributed by atoms with Gasteiger partial charge in [-0.05, 0) is 31.2 Å². The summed E-state index contributed by atoms with van der Waals surface area (Å²) in [7, 11) is 0. The van der Waals surface area contributed by atoms with Gasteiger partial charge in [-0.3, -0.25) is 4.79 Å². The van der Waals surface area contributed by atoms with Crippen LogP contribution in [0, 0.1) is 5.41 Å². The molecule has 1 aromatic carbocycles. The van der Waals surface area contributed by atoms with Gasteiger partial charge in [0.1, 0.15) is 5.69 Å². The van der Waals surface area contributed by atoms with Crippen LogP contribution in [0.3, 0.4) is 0 Å². The van der Waals surface area contributed by atoms with Crippen LogP contribution in [0.15, 0.2) is 18.2 Å². The third-order valence-electron chi connectivity index (χ3n) is 4.59. The van der Waals surface area contributed by atoms with Gasteiger partial charge in [0.25, 0.3) is 5.91 Å². The molecule has 2 aromatic rings. The summed E-state index contributed by atoms with van der Waals surface area (Å²) in [5.41, 5.74) is 1.73. The minimum Gasteiger partial charge on any atom is -0.350 e. The predicted molar refractivity (Wildman–Crippen MR) is 84.1 cm³/mol. The Balaban J connectivity index is 1.59. The highest BCUT2D eigenvalue weighted by Gasteiger charge is 2.47. The quantitative estimate of drug-likeness (QED) is 0.847. The van der Waals surface area contributed by atoms with E-state index in [-0.39, 0.29) is 5.91 Å². The van der Waals surface area contributed by atoms with Crippen molar-refractivity contribution in [3.8, 4) is 0 Å². The topological polar surface area (TPSA) is 48.1 Å². The number of nitrogens with zero attached hydrogens (tertiary/aromatic N) is 1. The van der Waals surface area contributed by atoms with Crippen LogP contribution in [0.2, 0.25) is 10.0 Å². The summed E-state index contributed by atoms with van der Waals surface area (Å²) in [4.78, 5) is 17.6. The summed E-state index contributed by atoms with van der Waals surface area (Å²) in [6, 6.07) is 5.38. The Hall–Kier alpha value is -1.23. The van der Waals surface area contributed by atoms with Gasteiger partial charge in [0, 0.05) is 36.0 Å². The molecular formula is C15H15Cl2N3O. The molecule has 21 heavy (non-hydrogen) atoms. The number of fused-ring (bicyclic) bond motifs is 1. The predicted octanol–water partition coefficient (Wildman–Crippen LogP) is 2.91. The zero-order valence-corrected chi connectivity index (χ0v) is 12.9. The molecule has 1 aromatic heterocycles. The first kappa shape index (κ1) is 13.4. The fraction of sp³-hybridized carbons (Fsp3) is 0.400. The van der Waals surface area contributed by atoms with Gasteiger partial charge in [0.2, 0.25) is 0 Å². The van der Waals surface area contributed by atoms with Crippen LogP contribution in [0.1, 0.15) is 16.9 Å². The van der Waals surface area contributed by atoms with Crippen LogP contribution >= 0.6 is 23.2 Å². The largest absolute Gasteiger partial charge is 0.350 e.